The SMILES string of the molecule is COc1ccc(C(=O)CC=Nc2ccc([N+](=O)[O-])cc2Br)c(OC)c1. The van der Waals surface area contributed by atoms with Crippen molar-refractivity contribution in [2.75, 3.05) is 14.2 Å². The predicted molar refractivity (Wildman–Crippen MR) is 97.4 cm³/mol. The number of ether oxygens (including phenoxy) is 2. The number of ketones is 1. The van der Waals surface area contributed by atoms with E-state index in [1.54, 1.807) is 18.2 Å². The second-order valence-corrected chi connectivity index (χ2v) is 5.75. The zero-order valence-corrected chi connectivity index (χ0v) is 15.1. The second kappa shape index (κ2) is 8.39. The van der Waals surface area contributed by atoms with Crippen LogP contribution in [0.1, 0.15) is 16.8 Å². The van der Waals surface area contributed by atoms with E-state index in [0.29, 0.717) is 27.2 Å². The maximum atomic E-state index is 12.3. The summed E-state index contributed by atoms with van der Waals surface area (Å²) in [5.41, 5.74) is 0.891. The number of hydrogen-bond donors (Lipinski definition) is 0. The smallest absolute Gasteiger partial charge is 0.270 e. The van der Waals surface area contributed by atoms with Crippen LogP contribution in [0.25, 0.3) is 0 Å². The van der Waals surface area contributed by atoms with E-state index in [1.165, 1.54) is 38.6 Å². The number of aliphatic imine (C=N–C) groups is 1. The van der Waals surface area contributed by atoms with Crippen molar-refractivity contribution in [2.24, 2.45) is 4.99 Å². The number of nitrogens with zero attached hydrogens (tertiary/aromatic N) is 2. The van der Waals surface area contributed by atoms with E-state index in [0.717, 1.165) is 0 Å². The van der Waals surface area contributed by atoms with E-state index in [1.807, 2.05) is 0 Å². The number of methoxy groups -OCH3 is 2. The first kappa shape index (κ1) is 18.6. The monoisotopic (exact) mass is 406 g/mol. The lowest BCUT2D eigenvalue weighted by atomic mass is 10.1. The minimum Gasteiger partial charge on any atom is -0.497 e. The molecule has 0 bridgehead atoms. The van der Waals surface area contributed by atoms with Crippen LogP contribution >= 0.6 is 15.9 Å². The number of halogens is 1. The van der Waals surface area contributed by atoms with Gasteiger partial charge in [0, 0.05) is 35.3 Å². The number of rotatable bonds is 7. The lowest BCUT2D eigenvalue weighted by Crippen LogP contribution is -2.03. The molecule has 0 heterocycles. The Morgan fingerprint density at radius 1 is 1.24 bits per heavy atom. The van der Waals surface area contributed by atoms with E-state index >= 15 is 0 Å². The number of nitro benzene ring substituents is 1. The molecule has 0 aliphatic heterocycles. The van der Waals surface area contributed by atoms with Crippen LogP contribution in [0.4, 0.5) is 11.4 Å². The normalized spacial score (nSPS) is 10.7. The topological polar surface area (TPSA) is 91.0 Å². The number of non-ortho nitro benzene ring substituents is 1. The number of carbonyl (C=O) groups is 1. The number of benzene rings is 2. The molecule has 130 valence electrons. The van der Waals surface area contributed by atoms with E-state index < -0.39 is 4.92 Å². The van der Waals surface area contributed by atoms with Gasteiger partial charge in [-0.2, -0.15) is 0 Å². The summed E-state index contributed by atoms with van der Waals surface area (Å²) in [4.78, 5) is 26.7. The minimum atomic E-state index is -0.488. The fourth-order valence-corrected chi connectivity index (χ4v) is 2.55. The molecule has 0 aromatic heterocycles. The molecule has 0 saturated heterocycles. The molecule has 0 fully saturated rings. The summed E-state index contributed by atoms with van der Waals surface area (Å²) in [6, 6.07) is 9.18. The molecular formula is C17H15BrN2O5. The predicted octanol–water partition coefficient (Wildman–Crippen LogP) is 4.35. The zero-order valence-electron chi connectivity index (χ0n) is 13.6. The molecule has 0 atom stereocenters. The first-order chi connectivity index (χ1) is 12.0. The molecule has 0 spiro atoms. The van der Waals surface area contributed by atoms with Crippen molar-refractivity contribution in [3.63, 3.8) is 0 Å². The highest BCUT2D eigenvalue weighted by molar-refractivity contribution is 9.10. The molecule has 2 rings (SSSR count). The Balaban J connectivity index is 2.12. The van der Waals surface area contributed by atoms with E-state index in [4.69, 9.17) is 9.47 Å². The average molecular weight is 407 g/mol. The van der Waals surface area contributed by atoms with E-state index in [-0.39, 0.29) is 17.9 Å². The quantitative estimate of drug-likeness (QED) is 0.295. The lowest BCUT2D eigenvalue weighted by molar-refractivity contribution is -0.384. The number of Topliss-reactive ketones (excluding diaryl/α,β-unsaturated/α-hetero) is 1. The van der Waals surface area contributed by atoms with Crippen molar-refractivity contribution >= 4 is 39.3 Å². The Kier molecular flexibility index (Phi) is 6.24. The first-order valence-corrected chi connectivity index (χ1v) is 7.97. The Bertz CT molecular complexity index is 836. The second-order valence-electron chi connectivity index (χ2n) is 4.90. The van der Waals surface area contributed by atoms with Crippen LogP contribution in [0.15, 0.2) is 45.9 Å². The zero-order chi connectivity index (χ0) is 18.4. The molecule has 2 aromatic carbocycles. The maximum Gasteiger partial charge on any atom is 0.270 e. The van der Waals surface area contributed by atoms with Gasteiger partial charge in [0.25, 0.3) is 5.69 Å². The molecule has 0 N–H and O–H groups in total. The standard InChI is InChI=1S/C17H15BrN2O5/c1-24-12-4-5-13(17(10-12)25-2)16(21)7-8-19-15-6-3-11(20(22)23)9-14(15)18/h3-6,8-10H,7H2,1-2H3. The third kappa shape index (κ3) is 4.63. The van der Waals surface area contributed by atoms with Crippen LogP contribution in [-0.4, -0.2) is 31.1 Å². The summed E-state index contributed by atoms with van der Waals surface area (Å²) in [6.07, 6.45) is 1.52. The Morgan fingerprint density at radius 3 is 2.60 bits per heavy atom. The van der Waals surface area contributed by atoms with Gasteiger partial charge in [-0.3, -0.25) is 19.9 Å². The van der Waals surface area contributed by atoms with Crippen molar-refractivity contribution in [3.05, 3.63) is 56.5 Å². The van der Waals surface area contributed by atoms with Gasteiger partial charge in [0.05, 0.1) is 30.4 Å². The van der Waals surface area contributed by atoms with Gasteiger partial charge in [-0.15, -0.1) is 0 Å². The van der Waals surface area contributed by atoms with Crippen molar-refractivity contribution in [1.82, 2.24) is 0 Å². The fraction of sp³-hybridized carbons (Fsp3) is 0.176. The first-order valence-electron chi connectivity index (χ1n) is 7.18. The molecular weight excluding hydrogens is 392 g/mol. The Hall–Kier alpha value is -2.74. The molecule has 8 heteroatoms. The molecule has 0 unspecified atom stereocenters. The largest absolute Gasteiger partial charge is 0.497 e. The summed E-state index contributed by atoms with van der Waals surface area (Å²) in [7, 11) is 3.01. The third-order valence-electron chi connectivity index (χ3n) is 3.36. The van der Waals surface area contributed by atoms with Crippen LogP contribution in [0.3, 0.4) is 0 Å². The average Bonchev–Trinajstić information content (AvgIpc) is 2.62. The molecule has 0 saturated carbocycles. The van der Waals surface area contributed by atoms with Crippen LogP contribution < -0.4 is 9.47 Å². The molecule has 7 nitrogen and oxygen atoms in total. The summed E-state index contributed by atoms with van der Waals surface area (Å²) >= 11 is 3.23. The third-order valence-corrected chi connectivity index (χ3v) is 3.99. The van der Waals surface area contributed by atoms with E-state index in [9.17, 15) is 14.9 Å². The van der Waals surface area contributed by atoms with Gasteiger partial charge in [0.15, 0.2) is 5.78 Å². The molecule has 0 amide bonds. The maximum absolute atomic E-state index is 12.3. The minimum absolute atomic E-state index is 0.0372. The van der Waals surface area contributed by atoms with Gasteiger partial charge in [-0.05, 0) is 34.1 Å². The summed E-state index contributed by atoms with van der Waals surface area (Å²) in [6.45, 7) is 0. The molecule has 25 heavy (non-hydrogen) atoms. The highest BCUT2D eigenvalue weighted by Gasteiger charge is 2.13. The van der Waals surface area contributed by atoms with Gasteiger partial charge >= 0.3 is 0 Å². The van der Waals surface area contributed by atoms with Crippen LogP contribution in [0, 0.1) is 10.1 Å². The van der Waals surface area contributed by atoms with Crippen LogP contribution in [-0.2, 0) is 0 Å². The number of nitro groups is 1. The Morgan fingerprint density at radius 2 is 2.00 bits per heavy atom. The summed E-state index contributed by atoms with van der Waals surface area (Å²) < 4.78 is 10.8. The fourth-order valence-electron chi connectivity index (χ4n) is 2.08. The van der Waals surface area contributed by atoms with Gasteiger partial charge in [0.1, 0.15) is 11.5 Å². The highest BCUT2D eigenvalue weighted by Crippen LogP contribution is 2.29. The molecule has 0 aliphatic rings. The number of carbonyl (C=O) groups excluding carboxylic acids is 1. The van der Waals surface area contributed by atoms with Crippen LogP contribution in [0.5, 0.6) is 11.5 Å². The summed E-state index contributed by atoms with van der Waals surface area (Å²) in [5.74, 6) is 0.854. The van der Waals surface area contributed by atoms with Crippen molar-refractivity contribution in [3.8, 4) is 11.5 Å². The number of hydrogen-bond acceptors (Lipinski definition) is 6. The molecule has 2 aromatic rings. The summed E-state index contributed by atoms with van der Waals surface area (Å²) in [5, 5.41) is 10.7. The van der Waals surface area contributed by atoms with Crippen LogP contribution in [0.2, 0.25) is 0 Å². The van der Waals surface area contributed by atoms with Gasteiger partial charge in [-0.1, -0.05) is 0 Å². The van der Waals surface area contributed by atoms with Crippen molar-refractivity contribution in [2.45, 2.75) is 6.42 Å². The van der Waals surface area contributed by atoms with Gasteiger partial charge in [-0.25, -0.2) is 0 Å². The molecule has 0 aliphatic carbocycles. The molecule has 0 radical (unpaired) electrons. The van der Waals surface area contributed by atoms with E-state index in [2.05, 4.69) is 20.9 Å². The van der Waals surface area contributed by atoms with Gasteiger partial charge in [0.2, 0.25) is 0 Å². The van der Waals surface area contributed by atoms with Crippen molar-refractivity contribution < 1.29 is 19.2 Å². The van der Waals surface area contributed by atoms with Gasteiger partial charge < -0.3 is 9.47 Å². The van der Waals surface area contributed by atoms with Crippen molar-refractivity contribution in [1.29, 1.82) is 0 Å². The Labute approximate surface area is 152 Å². The lowest BCUT2D eigenvalue weighted by Gasteiger charge is -2.08. The highest BCUT2D eigenvalue weighted by atomic mass is 79.9.